The number of hydrogen-bond donors (Lipinski definition) is 2. The number of hydrogen-bond acceptors (Lipinski definition) is 7. The molecule has 6 rings (SSSR count). The number of methoxy groups -OCH3 is 1. The van der Waals surface area contributed by atoms with Crippen molar-refractivity contribution in [1.29, 1.82) is 0 Å². The Morgan fingerprint density at radius 1 is 1.05 bits per heavy atom. The molecule has 1 amide bonds. The smallest absolute Gasteiger partial charge is 0.255 e. The van der Waals surface area contributed by atoms with E-state index in [-0.39, 0.29) is 11.3 Å². The van der Waals surface area contributed by atoms with Crippen molar-refractivity contribution < 1.29 is 14.3 Å². The Labute approximate surface area is 232 Å². The highest BCUT2D eigenvalue weighted by Crippen LogP contribution is 2.52. The topological polar surface area (TPSA) is 117 Å². The molecule has 3 N–H and O–H groups in total. The van der Waals surface area contributed by atoms with E-state index in [1.807, 2.05) is 78.3 Å². The van der Waals surface area contributed by atoms with E-state index in [0.717, 1.165) is 52.7 Å². The van der Waals surface area contributed by atoms with Crippen LogP contribution in [-0.4, -0.2) is 45.6 Å². The van der Waals surface area contributed by atoms with Crippen LogP contribution in [0.3, 0.4) is 0 Å². The highest BCUT2D eigenvalue weighted by atomic mass is 16.5. The monoisotopic (exact) mass is 534 g/mol. The standard InChI is InChI=1S/C31H30N6O3/c1-20-28(37-16-12-23(19-27(37)34-20)40-18-17-39-2)26-11-15-33-30(36-26)31(13-14-31)22-9-7-21(8-10-22)29(38)35-25-6-4-3-5-24(25)32/h3-12,15-16,19H,13-14,17-18,32H2,1-2H3,(H,35,38). The predicted octanol–water partition coefficient (Wildman–Crippen LogP) is 5.04. The van der Waals surface area contributed by atoms with Crippen LogP contribution in [0, 0.1) is 6.92 Å². The van der Waals surface area contributed by atoms with Crippen LogP contribution in [0.4, 0.5) is 11.4 Å². The summed E-state index contributed by atoms with van der Waals surface area (Å²) in [6, 6.07) is 20.6. The number of para-hydroxylation sites is 2. The lowest BCUT2D eigenvalue weighted by atomic mass is 9.93. The molecule has 0 saturated heterocycles. The summed E-state index contributed by atoms with van der Waals surface area (Å²) < 4.78 is 12.8. The predicted molar refractivity (Wildman–Crippen MR) is 154 cm³/mol. The lowest BCUT2D eigenvalue weighted by Gasteiger charge is -2.16. The summed E-state index contributed by atoms with van der Waals surface area (Å²) >= 11 is 0. The Morgan fingerprint density at radius 2 is 1.85 bits per heavy atom. The Morgan fingerprint density at radius 3 is 2.60 bits per heavy atom. The molecule has 9 heteroatoms. The fourth-order valence-electron chi connectivity index (χ4n) is 5.02. The molecule has 40 heavy (non-hydrogen) atoms. The minimum absolute atomic E-state index is 0.206. The minimum atomic E-state index is -0.272. The molecular formula is C31H30N6O3. The van der Waals surface area contributed by atoms with Gasteiger partial charge in [0.25, 0.3) is 5.91 Å². The molecular weight excluding hydrogens is 504 g/mol. The van der Waals surface area contributed by atoms with E-state index < -0.39 is 0 Å². The SMILES string of the molecule is COCCOc1ccn2c(-c3ccnc(C4(c5ccc(C(=O)Nc6ccccc6N)cc5)CC4)n3)c(C)nc2c1. The van der Waals surface area contributed by atoms with Gasteiger partial charge in [-0.1, -0.05) is 24.3 Å². The number of aromatic nitrogens is 4. The number of fused-ring (bicyclic) bond motifs is 1. The van der Waals surface area contributed by atoms with Crippen molar-refractivity contribution in [2.75, 3.05) is 31.4 Å². The van der Waals surface area contributed by atoms with Gasteiger partial charge in [0.2, 0.25) is 0 Å². The zero-order chi connectivity index (χ0) is 27.7. The molecule has 0 radical (unpaired) electrons. The van der Waals surface area contributed by atoms with Gasteiger partial charge in [0, 0.05) is 31.1 Å². The number of benzene rings is 2. The van der Waals surface area contributed by atoms with Crippen LogP contribution < -0.4 is 15.8 Å². The lowest BCUT2D eigenvalue weighted by Crippen LogP contribution is -2.16. The van der Waals surface area contributed by atoms with Crippen molar-refractivity contribution in [3.05, 3.63) is 102 Å². The molecule has 1 aliphatic carbocycles. The molecule has 9 nitrogen and oxygen atoms in total. The van der Waals surface area contributed by atoms with Crippen LogP contribution in [0.25, 0.3) is 17.0 Å². The van der Waals surface area contributed by atoms with Crippen LogP contribution in [0.15, 0.2) is 79.1 Å². The summed E-state index contributed by atoms with van der Waals surface area (Å²) in [5, 5.41) is 2.88. The summed E-state index contributed by atoms with van der Waals surface area (Å²) in [5.41, 5.74) is 11.9. The van der Waals surface area contributed by atoms with E-state index >= 15 is 0 Å². The van der Waals surface area contributed by atoms with Crippen LogP contribution in [0.1, 0.15) is 40.3 Å². The molecule has 202 valence electrons. The van der Waals surface area contributed by atoms with E-state index in [9.17, 15) is 4.79 Å². The Kier molecular flexibility index (Phi) is 6.65. The number of nitrogens with two attached hydrogens (primary N) is 1. The van der Waals surface area contributed by atoms with E-state index in [0.29, 0.717) is 30.2 Å². The summed E-state index contributed by atoms with van der Waals surface area (Å²) in [4.78, 5) is 27.3. The number of amides is 1. The number of carbonyl (C=O) groups excluding carboxylic acids is 1. The van der Waals surface area contributed by atoms with Crippen molar-refractivity contribution >= 4 is 22.9 Å². The van der Waals surface area contributed by atoms with Crippen LogP contribution in [0.2, 0.25) is 0 Å². The van der Waals surface area contributed by atoms with Gasteiger partial charge in [-0.3, -0.25) is 9.20 Å². The van der Waals surface area contributed by atoms with Gasteiger partial charge in [0.1, 0.15) is 23.8 Å². The average molecular weight is 535 g/mol. The van der Waals surface area contributed by atoms with E-state index in [2.05, 4.69) is 10.3 Å². The van der Waals surface area contributed by atoms with Gasteiger partial charge < -0.3 is 20.5 Å². The Balaban J connectivity index is 1.25. The third-order valence-electron chi connectivity index (χ3n) is 7.31. The molecule has 2 aromatic carbocycles. The third kappa shape index (κ3) is 4.76. The first-order valence-electron chi connectivity index (χ1n) is 13.2. The number of nitrogen functional groups attached to an aromatic ring is 1. The van der Waals surface area contributed by atoms with Gasteiger partial charge in [-0.05, 0) is 61.7 Å². The highest BCUT2D eigenvalue weighted by molar-refractivity contribution is 6.05. The Hall–Kier alpha value is -4.76. The first-order chi connectivity index (χ1) is 19.5. The molecule has 0 unspecified atom stereocenters. The Bertz CT molecular complexity index is 1690. The quantitative estimate of drug-likeness (QED) is 0.201. The number of rotatable bonds is 9. The fourth-order valence-corrected chi connectivity index (χ4v) is 5.02. The van der Waals surface area contributed by atoms with Crippen LogP contribution >= 0.6 is 0 Å². The van der Waals surface area contributed by atoms with Gasteiger partial charge in [-0.15, -0.1) is 0 Å². The number of aryl methyl sites for hydroxylation is 1. The number of imidazole rings is 1. The molecule has 3 heterocycles. The van der Waals surface area contributed by atoms with Crippen LogP contribution in [0.5, 0.6) is 5.75 Å². The molecule has 0 atom stereocenters. The van der Waals surface area contributed by atoms with E-state index in [4.69, 9.17) is 25.2 Å². The zero-order valence-corrected chi connectivity index (χ0v) is 22.4. The second kappa shape index (κ2) is 10.4. The number of nitrogens with one attached hydrogen (secondary N) is 1. The largest absolute Gasteiger partial charge is 0.491 e. The first kappa shape index (κ1) is 25.5. The molecule has 3 aromatic heterocycles. The number of ether oxygens (including phenoxy) is 2. The zero-order valence-electron chi connectivity index (χ0n) is 22.4. The molecule has 0 spiro atoms. The molecule has 1 aliphatic rings. The second-order valence-corrected chi connectivity index (χ2v) is 9.94. The summed E-state index contributed by atoms with van der Waals surface area (Å²) in [5.74, 6) is 1.31. The van der Waals surface area contributed by atoms with Crippen LogP contribution in [-0.2, 0) is 10.2 Å². The number of nitrogens with zero attached hydrogens (tertiary/aromatic N) is 4. The highest BCUT2D eigenvalue weighted by Gasteiger charge is 2.48. The van der Waals surface area contributed by atoms with Crippen molar-refractivity contribution in [2.45, 2.75) is 25.2 Å². The first-order valence-corrected chi connectivity index (χ1v) is 13.2. The maximum atomic E-state index is 12.8. The average Bonchev–Trinajstić information content (AvgIpc) is 3.72. The van der Waals surface area contributed by atoms with Gasteiger partial charge >= 0.3 is 0 Å². The molecule has 0 aliphatic heterocycles. The summed E-state index contributed by atoms with van der Waals surface area (Å²) in [7, 11) is 1.65. The van der Waals surface area contributed by atoms with Crippen molar-refractivity contribution in [3.8, 4) is 17.1 Å². The van der Waals surface area contributed by atoms with Crippen molar-refractivity contribution in [1.82, 2.24) is 19.4 Å². The van der Waals surface area contributed by atoms with Crippen molar-refractivity contribution in [2.24, 2.45) is 0 Å². The molecule has 1 saturated carbocycles. The summed E-state index contributed by atoms with van der Waals surface area (Å²) in [6.07, 6.45) is 5.65. The molecule has 5 aromatic rings. The number of pyridine rings is 1. The van der Waals surface area contributed by atoms with Gasteiger partial charge in [-0.2, -0.15) is 0 Å². The van der Waals surface area contributed by atoms with Gasteiger partial charge in [-0.25, -0.2) is 15.0 Å². The van der Waals surface area contributed by atoms with E-state index in [1.165, 1.54) is 0 Å². The number of anilines is 2. The fraction of sp³-hybridized carbons (Fsp3) is 0.226. The normalized spacial score (nSPS) is 13.8. The lowest BCUT2D eigenvalue weighted by molar-refractivity contribution is 0.102. The summed E-state index contributed by atoms with van der Waals surface area (Å²) in [6.45, 7) is 2.98. The minimum Gasteiger partial charge on any atom is -0.491 e. The molecule has 1 fully saturated rings. The van der Waals surface area contributed by atoms with Gasteiger partial charge in [0.05, 0.1) is 40.5 Å². The number of carbonyl (C=O) groups is 1. The van der Waals surface area contributed by atoms with Crippen molar-refractivity contribution in [3.63, 3.8) is 0 Å². The van der Waals surface area contributed by atoms with E-state index in [1.54, 1.807) is 19.2 Å². The maximum Gasteiger partial charge on any atom is 0.255 e. The maximum absolute atomic E-state index is 12.8. The molecule has 0 bridgehead atoms. The second-order valence-electron chi connectivity index (χ2n) is 9.94. The van der Waals surface area contributed by atoms with Gasteiger partial charge in [0.15, 0.2) is 0 Å². The third-order valence-corrected chi connectivity index (χ3v) is 7.31.